The molecule has 0 spiro atoms. The molecule has 184 valence electrons. The summed E-state index contributed by atoms with van der Waals surface area (Å²) in [6, 6.07) is 7.38. The number of ether oxygens (including phenoxy) is 3. The lowest BCUT2D eigenvalue weighted by Gasteiger charge is -2.17. The van der Waals surface area contributed by atoms with Crippen LogP contribution in [0.4, 0.5) is 23.2 Å². The van der Waals surface area contributed by atoms with E-state index in [9.17, 15) is 22.8 Å². The van der Waals surface area contributed by atoms with Crippen molar-refractivity contribution in [3.05, 3.63) is 70.8 Å². The van der Waals surface area contributed by atoms with Gasteiger partial charge in [0, 0.05) is 6.07 Å². The Balaban J connectivity index is 2.01. The van der Waals surface area contributed by atoms with Gasteiger partial charge in [-0.25, -0.2) is 9.37 Å². The van der Waals surface area contributed by atoms with Crippen LogP contribution in [0.3, 0.4) is 0 Å². The SMILES string of the molecule is [2H]C([2H])([2H])Oc1cc(OC(F)(F)F)ccc1Oc1ccc(C)c(F)c1C(=O)Nc1ccc(C(N)=O)nc1C. The average Bonchev–Trinajstić information content (AvgIpc) is 2.77. The Morgan fingerprint density at radius 2 is 1.77 bits per heavy atom. The molecule has 35 heavy (non-hydrogen) atoms. The fourth-order valence-electron chi connectivity index (χ4n) is 2.94. The van der Waals surface area contributed by atoms with E-state index in [-0.39, 0.29) is 22.6 Å². The molecule has 0 atom stereocenters. The fourth-order valence-corrected chi connectivity index (χ4v) is 2.94. The van der Waals surface area contributed by atoms with E-state index < -0.39 is 59.6 Å². The van der Waals surface area contributed by atoms with Gasteiger partial charge in [0.1, 0.15) is 28.6 Å². The summed E-state index contributed by atoms with van der Waals surface area (Å²) in [6.07, 6.45) is -5.08. The molecule has 0 saturated heterocycles. The summed E-state index contributed by atoms with van der Waals surface area (Å²) in [5, 5.41) is 2.43. The summed E-state index contributed by atoms with van der Waals surface area (Å²) < 4.78 is 89.0. The molecule has 3 rings (SSSR count). The van der Waals surface area contributed by atoms with Crippen LogP contribution in [0.5, 0.6) is 23.0 Å². The largest absolute Gasteiger partial charge is 0.573 e. The predicted molar refractivity (Wildman–Crippen MR) is 116 cm³/mol. The van der Waals surface area contributed by atoms with Gasteiger partial charge in [0.05, 0.1) is 22.5 Å². The molecule has 1 aromatic heterocycles. The Bertz CT molecular complexity index is 1400. The first-order valence-electron chi connectivity index (χ1n) is 11.2. The number of pyridine rings is 1. The van der Waals surface area contributed by atoms with E-state index in [0.29, 0.717) is 6.07 Å². The second-order valence-electron chi connectivity index (χ2n) is 7.08. The molecule has 2 amide bonds. The number of hydrogen-bond donors (Lipinski definition) is 2. The number of benzene rings is 2. The van der Waals surface area contributed by atoms with Gasteiger partial charge < -0.3 is 25.3 Å². The fraction of sp³-hybridized carbons (Fsp3) is 0.174. The maximum atomic E-state index is 15.1. The minimum atomic E-state index is -5.08. The lowest BCUT2D eigenvalue weighted by Crippen LogP contribution is -2.18. The maximum absolute atomic E-state index is 15.1. The van der Waals surface area contributed by atoms with Gasteiger partial charge in [-0.05, 0) is 49.7 Å². The summed E-state index contributed by atoms with van der Waals surface area (Å²) in [6.45, 7) is 2.84. The number of carbonyl (C=O) groups excluding carboxylic acids is 2. The van der Waals surface area contributed by atoms with Crippen molar-refractivity contribution in [3.63, 3.8) is 0 Å². The zero-order valence-electron chi connectivity index (χ0n) is 21.1. The van der Waals surface area contributed by atoms with Crippen molar-refractivity contribution < 1.29 is 45.5 Å². The van der Waals surface area contributed by atoms with Crippen LogP contribution in [0.15, 0.2) is 42.5 Å². The second kappa shape index (κ2) is 9.87. The minimum absolute atomic E-state index is 0.0503. The smallest absolute Gasteiger partial charge is 0.493 e. The highest BCUT2D eigenvalue weighted by molar-refractivity contribution is 6.07. The van der Waals surface area contributed by atoms with Crippen molar-refractivity contribution in [3.8, 4) is 23.0 Å². The Labute approximate surface area is 200 Å². The molecule has 0 unspecified atom stereocenters. The van der Waals surface area contributed by atoms with Gasteiger partial charge in [-0.3, -0.25) is 9.59 Å². The van der Waals surface area contributed by atoms with Crippen molar-refractivity contribution in [2.24, 2.45) is 5.73 Å². The molecular weight excluding hydrogens is 474 g/mol. The molecule has 3 aromatic rings. The molecule has 0 aliphatic carbocycles. The number of nitrogens with two attached hydrogens (primary N) is 1. The molecule has 0 fully saturated rings. The lowest BCUT2D eigenvalue weighted by atomic mass is 10.1. The number of amides is 2. The molecule has 0 radical (unpaired) electrons. The summed E-state index contributed by atoms with van der Waals surface area (Å²) in [5.74, 6) is -5.15. The normalized spacial score (nSPS) is 12.7. The Morgan fingerprint density at radius 1 is 1.06 bits per heavy atom. The molecular formula is C23H19F4N3O5. The van der Waals surface area contributed by atoms with E-state index in [2.05, 4.69) is 15.0 Å². The third kappa shape index (κ3) is 5.96. The van der Waals surface area contributed by atoms with Crippen LogP contribution in [0.25, 0.3) is 0 Å². The summed E-state index contributed by atoms with van der Waals surface area (Å²) >= 11 is 0. The first-order valence-corrected chi connectivity index (χ1v) is 9.68. The standard InChI is InChI=1S/C23H19F4N3O5/c1-11-4-8-17(34-16-9-5-13(10-18(16)33-3)35-23(25,26)27)19(20(11)24)22(32)30-14-6-7-15(21(28)31)29-12(14)2/h4-10H,1-3H3,(H2,28,31)(H,30,32)/i3D3. The summed E-state index contributed by atoms with van der Waals surface area (Å²) in [7, 11) is -3.10. The third-order valence-corrected chi connectivity index (χ3v) is 4.59. The predicted octanol–water partition coefficient (Wildman–Crippen LogP) is 4.89. The quantitative estimate of drug-likeness (QED) is 0.451. The number of anilines is 1. The van der Waals surface area contributed by atoms with Crippen molar-refractivity contribution >= 4 is 17.5 Å². The van der Waals surface area contributed by atoms with Crippen molar-refractivity contribution in [1.29, 1.82) is 0 Å². The number of methoxy groups -OCH3 is 1. The van der Waals surface area contributed by atoms with Gasteiger partial charge in [0.2, 0.25) is 0 Å². The number of carbonyl (C=O) groups is 2. The molecule has 3 N–H and O–H groups in total. The molecule has 2 aromatic carbocycles. The van der Waals surface area contributed by atoms with Gasteiger partial charge in [0.25, 0.3) is 11.8 Å². The highest BCUT2D eigenvalue weighted by Gasteiger charge is 2.31. The number of hydrogen-bond acceptors (Lipinski definition) is 6. The van der Waals surface area contributed by atoms with Crippen LogP contribution >= 0.6 is 0 Å². The van der Waals surface area contributed by atoms with Crippen LogP contribution in [0.2, 0.25) is 0 Å². The number of rotatable bonds is 7. The van der Waals surface area contributed by atoms with E-state index >= 15 is 4.39 Å². The molecule has 0 saturated carbocycles. The second-order valence-corrected chi connectivity index (χ2v) is 7.08. The van der Waals surface area contributed by atoms with E-state index in [4.69, 9.17) is 19.3 Å². The number of aryl methyl sites for hydroxylation is 2. The van der Waals surface area contributed by atoms with Crippen molar-refractivity contribution in [2.75, 3.05) is 12.4 Å². The lowest BCUT2D eigenvalue weighted by molar-refractivity contribution is -0.274. The Hall–Kier alpha value is -4.35. The molecule has 12 heteroatoms. The van der Waals surface area contributed by atoms with E-state index in [1.807, 2.05) is 0 Å². The monoisotopic (exact) mass is 496 g/mol. The van der Waals surface area contributed by atoms with E-state index in [0.717, 1.165) is 12.1 Å². The van der Waals surface area contributed by atoms with Crippen LogP contribution in [0.1, 0.15) is 36.2 Å². The topological polar surface area (TPSA) is 113 Å². The zero-order chi connectivity index (χ0) is 28.4. The number of nitrogens with zero attached hydrogens (tertiary/aromatic N) is 1. The molecule has 8 nitrogen and oxygen atoms in total. The van der Waals surface area contributed by atoms with Gasteiger partial charge in [-0.2, -0.15) is 0 Å². The van der Waals surface area contributed by atoms with Gasteiger partial charge in [0.15, 0.2) is 11.5 Å². The summed E-state index contributed by atoms with van der Waals surface area (Å²) in [5.41, 5.74) is 4.87. The Kier molecular flexibility index (Phi) is 5.98. The molecule has 0 aliphatic rings. The van der Waals surface area contributed by atoms with Gasteiger partial charge in [-0.1, -0.05) is 6.07 Å². The highest BCUT2D eigenvalue weighted by Crippen LogP contribution is 2.38. The third-order valence-electron chi connectivity index (χ3n) is 4.59. The van der Waals surface area contributed by atoms with Crippen LogP contribution in [0, 0.1) is 19.7 Å². The Morgan fingerprint density at radius 3 is 2.40 bits per heavy atom. The number of nitrogens with one attached hydrogen (secondary N) is 1. The average molecular weight is 496 g/mol. The van der Waals surface area contributed by atoms with Crippen LogP contribution in [-0.4, -0.2) is 30.2 Å². The van der Waals surface area contributed by atoms with Crippen LogP contribution < -0.4 is 25.3 Å². The van der Waals surface area contributed by atoms with E-state index in [1.54, 1.807) is 0 Å². The van der Waals surface area contributed by atoms with Crippen molar-refractivity contribution in [1.82, 2.24) is 4.98 Å². The highest BCUT2D eigenvalue weighted by atomic mass is 19.4. The van der Waals surface area contributed by atoms with Gasteiger partial charge in [-0.15, -0.1) is 13.2 Å². The molecule has 0 bridgehead atoms. The van der Waals surface area contributed by atoms with Crippen LogP contribution in [-0.2, 0) is 0 Å². The summed E-state index contributed by atoms with van der Waals surface area (Å²) in [4.78, 5) is 28.3. The van der Waals surface area contributed by atoms with E-state index in [1.165, 1.54) is 38.1 Å². The van der Waals surface area contributed by atoms with Crippen molar-refractivity contribution in [2.45, 2.75) is 20.2 Å². The minimum Gasteiger partial charge on any atom is -0.493 e. The number of alkyl halides is 3. The number of halogens is 4. The maximum Gasteiger partial charge on any atom is 0.573 e. The molecule has 1 heterocycles. The molecule has 0 aliphatic heterocycles. The number of primary amides is 1. The first kappa shape index (κ1) is 21.2. The van der Waals surface area contributed by atoms with Gasteiger partial charge >= 0.3 is 6.36 Å². The zero-order valence-corrected chi connectivity index (χ0v) is 18.1. The first-order chi connectivity index (χ1) is 17.5. The number of aromatic nitrogens is 1.